The minimum Gasteiger partial charge on any atom is -0.354 e. The van der Waals surface area contributed by atoms with Gasteiger partial charge in [0.2, 0.25) is 5.91 Å². The van der Waals surface area contributed by atoms with Gasteiger partial charge in [0.25, 0.3) is 0 Å². The standard InChI is InChI=1S/C20H38N4O2S.HI/c1-5-27(26)17-11-8-10-16(13-17)22-20(21-14-19(25)24(3)4)23-18-12-7-6-9-15(18)2;/h15-18H,5-14H2,1-4H3,(H2,21,22,23);1H. The highest BCUT2D eigenvalue weighted by atomic mass is 127. The van der Waals surface area contributed by atoms with Crippen molar-refractivity contribution in [2.24, 2.45) is 10.9 Å². The Kier molecular flexibility index (Phi) is 11.9. The maximum atomic E-state index is 12.2. The number of amides is 1. The van der Waals surface area contributed by atoms with Crippen molar-refractivity contribution in [3.05, 3.63) is 0 Å². The molecule has 2 fully saturated rings. The molecule has 28 heavy (non-hydrogen) atoms. The first kappa shape index (κ1) is 25.7. The van der Waals surface area contributed by atoms with Crippen molar-refractivity contribution in [3.8, 4) is 0 Å². The van der Waals surface area contributed by atoms with Gasteiger partial charge in [-0.25, -0.2) is 4.99 Å². The Labute approximate surface area is 190 Å². The summed E-state index contributed by atoms with van der Waals surface area (Å²) in [6.07, 6.45) is 9.07. The summed E-state index contributed by atoms with van der Waals surface area (Å²) in [5, 5.41) is 7.44. The number of hydrogen-bond acceptors (Lipinski definition) is 3. The zero-order chi connectivity index (χ0) is 19.8. The first-order valence-corrected chi connectivity index (χ1v) is 11.9. The van der Waals surface area contributed by atoms with Gasteiger partial charge in [0.1, 0.15) is 6.54 Å². The van der Waals surface area contributed by atoms with Crippen molar-refractivity contribution in [1.29, 1.82) is 0 Å². The normalized spacial score (nSPS) is 29.4. The Morgan fingerprint density at radius 3 is 2.46 bits per heavy atom. The summed E-state index contributed by atoms with van der Waals surface area (Å²) < 4.78 is 12.2. The summed E-state index contributed by atoms with van der Waals surface area (Å²) in [6, 6.07) is 0.683. The minimum atomic E-state index is -0.739. The van der Waals surface area contributed by atoms with Gasteiger partial charge in [0.05, 0.1) is 0 Å². The molecule has 5 atom stereocenters. The van der Waals surface area contributed by atoms with Crippen molar-refractivity contribution in [1.82, 2.24) is 15.5 Å². The molecule has 0 heterocycles. The van der Waals surface area contributed by atoms with Gasteiger partial charge in [-0.15, -0.1) is 24.0 Å². The monoisotopic (exact) mass is 526 g/mol. The molecule has 0 saturated heterocycles. The number of likely N-dealkylation sites (N-methyl/N-ethyl adjacent to an activating group) is 1. The summed E-state index contributed by atoms with van der Waals surface area (Å²) in [7, 11) is 2.78. The Bertz CT molecular complexity index is 544. The first-order chi connectivity index (χ1) is 12.9. The van der Waals surface area contributed by atoms with Crippen LogP contribution in [-0.2, 0) is 15.6 Å². The van der Waals surface area contributed by atoms with E-state index in [-0.39, 0.29) is 47.7 Å². The van der Waals surface area contributed by atoms with Crippen molar-refractivity contribution < 1.29 is 9.00 Å². The van der Waals surface area contributed by atoms with Gasteiger partial charge in [0.15, 0.2) is 5.96 Å². The molecule has 0 aromatic heterocycles. The van der Waals surface area contributed by atoms with Crippen molar-refractivity contribution in [3.63, 3.8) is 0 Å². The predicted octanol–water partition coefficient (Wildman–Crippen LogP) is 2.89. The number of halogens is 1. The van der Waals surface area contributed by atoms with E-state index in [1.807, 2.05) is 6.92 Å². The second-order valence-corrected chi connectivity index (χ2v) is 10.3. The van der Waals surface area contributed by atoms with Gasteiger partial charge >= 0.3 is 0 Å². The summed E-state index contributed by atoms with van der Waals surface area (Å²) in [4.78, 5) is 18.2. The molecule has 164 valence electrons. The molecule has 0 radical (unpaired) electrons. The van der Waals surface area contributed by atoms with Crippen LogP contribution in [-0.4, -0.2) is 64.7 Å². The topological polar surface area (TPSA) is 73.8 Å². The third-order valence-corrected chi connectivity index (χ3v) is 7.67. The lowest BCUT2D eigenvalue weighted by Gasteiger charge is -2.34. The van der Waals surface area contributed by atoms with Crippen LogP contribution >= 0.6 is 24.0 Å². The molecule has 0 aromatic carbocycles. The van der Waals surface area contributed by atoms with Crippen LogP contribution in [0.3, 0.4) is 0 Å². The molecule has 2 rings (SSSR count). The van der Waals surface area contributed by atoms with Gasteiger partial charge in [-0.05, 0) is 38.0 Å². The zero-order valence-electron chi connectivity index (χ0n) is 17.9. The van der Waals surface area contributed by atoms with Crippen LogP contribution in [0.4, 0.5) is 0 Å². The molecule has 0 spiro atoms. The van der Waals surface area contributed by atoms with E-state index in [1.165, 1.54) is 19.3 Å². The molecule has 1 amide bonds. The number of nitrogens with one attached hydrogen (secondary N) is 2. The van der Waals surface area contributed by atoms with E-state index < -0.39 is 10.8 Å². The largest absolute Gasteiger partial charge is 0.354 e. The average Bonchev–Trinajstić information content (AvgIpc) is 2.67. The number of carbonyl (C=O) groups excluding carboxylic acids is 1. The van der Waals surface area contributed by atoms with E-state index in [0.717, 1.165) is 43.8 Å². The second-order valence-electron chi connectivity index (χ2n) is 8.26. The average molecular weight is 527 g/mol. The second kappa shape index (κ2) is 13.0. The zero-order valence-corrected chi connectivity index (χ0v) is 21.1. The van der Waals surface area contributed by atoms with E-state index in [2.05, 4.69) is 22.5 Å². The lowest BCUT2D eigenvalue weighted by atomic mass is 9.86. The molecule has 2 saturated carbocycles. The maximum absolute atomic E-state index is 12.2. The summed E-state index contributed by atoms with van der Waals surface area (Å²) in [6.45, 7) is 4.44. The third-order valence-electron chi connectivity index (χ3n) is 5.93. The molecule has 0 aliphatic heterocycles. The van der Waals surface area contributed by atoms with Crippen LogP contribution in [0.15, 0.2) is 4.99 Å². The number of nitrogens with zero attached hydrogens (tertiary/aromatic N) is 2. The van der Waals surface area contributed by atoms with Gasteiger partial charge < -0.3 is 15.5 Å². The number of hydrogen-bond donors (Lipinski definition) is 2. The van der Waals surface area contributed by atoms with E-state index in [4.69, 9.17) is 0 Å². The summed E-state index contributed by atoms with van der Waals surface area (Å²) >= 11 is 0. The molecular weight excluding hydrogens is 487 g/mol. The van der Waals surface area contributed by atoms with Crippen LogP contribution in [0, 0.1) is 5.92 Å². The summed E-state index contributed by atoms with van der Waals surface area (Å²) in [5.74, 6) is 2.09. The highest BCUT2D eigenvalue weighted by Crippen LogP contribution is 2.25. The quantitative estimate of drug-likeness (QED) is 0.317. The summed E-state index contributed by atoms with van der Waals surface area (Å²) in [5.41, 5.74) is 0. The van der Waals surface area contributed by atoms with Crippen LogP contribution < -0.4 is 10.6 Å². The van der Waals surface area contributed by atoms with Crippen LogP contribution in [0.5, 0.6) is 0 Å². The minimum absolute atomic E-state index is 0. The van der Waals surface area contributed by atoms with Crippen LogP contribution in [0.25, 0.3) is 0 Å². The molecule has 0 bridgehead atoms. The molecule has 8 heteroatoms. The lowest BCUT2D eigenvalue weighted by molar-refractivity contribution is -0.127. The predicted molar refractivity (Wildman–Crippen MR) is 129 cm³/mol. The van der Waals surface area contributed by atoms with Gasteiger partial charge in [-0.1, -0.05) is 33.1 Å². The number of aliphatic imine (C=N–C) groups is 1. The Morgan fingerprint density at radius 2 is 1.82 bits per heavy atom. The van der Waals surface area contributed by atoms with Crippen molar-refractivity contribution in [2.75, 3.05) is 26.4 Å². The number of carbonyl (C=O) groups is 1. The van der Waals surface area contributed by atoms with E-state index in [0.29, 0.717) is 12.0 Å². The number of guanidine groups is 1. The fourth-order valence-corrected chi connectivity index (χ4v) is 5.42. The maximum Gasteiger partial charge on any atom is 0.243 e. The Morgan fingerprint density at radius 1 is 1.11 bits per heavy atom. The van der Waals surface area contributed by atoms with Gasteiger partial charge in [-0.3, -0.25) is 9.00 Å². The van der Waals surface area contributed by atoms with Crippen LogP contribution in [0.2, 0.25) is 0 Å². The van der Waals surface area contributed by atoms with Crippen molar-refractivity contribution in [2.45, 2.75) is 82.5 Å². The van der Waals surface area contributed by atoms with E-state index >= 15 is 0 Å². The number of rotatable bonds is 6. The molecule has 0 aromatic rings. The van der Waals surface area contributed by atoms with Gasteiger partial charge in [-0.2, -0.15) is 0 Å². The highest BCUT2D eigenvalue weighted by molar-refractivity contribution is 14.0. The molecule has 6 nitrogen and oxygen atoms in total. The van der Waals surface area contributed by atoms with Crippen molar-refractivity contribution >= 4 is 46.6 Å². The molecule has 2 aliphatic rings. The Hall–Kier alpha value is -0.380. The van der Waals surface area contributed by atoms with E-state index in [1.54, 1.807) is 19.0 Å². The third kappa shape index (κ3) is 8.16. The van der Waals surface area contributed by atoms with Gasteiger partial charge in [0, 0.05) is 48.0 Å². The first-order valence-electron chi connectivity index (χ1n) is 10.6. The fourth-order valence-electron chi connectivity index (χ4n) is 4.07. The highest BCUT2D eigenvalue weighted by Gasteiger charge is 2.28. The molecule has 5 unspecified atom stereocenters. The van der Waals surface area contributed by atoms with E-state index in [9.17, 15) is 9.00 Å². The lowest BCUT2D eigenvalue weighted by Crippen LogP contribution is -2.51. The Balaban J connectivity index is 0.00000392. The molecule has 2 aliphatic carbocycles. The molecule has 2 N–H and O–H groups in total. The van der Waals surface area contributed by atoms with Crippen LogP contribution in [0.1, 0.15) is 65.2 Å². The SMILES string of the molecule is CCS(=O)C1CCCC(NC(=NCC(=O)N(C)C)NC2CCCCC2C)C1.I. The fraction of sp³-hybridized carbons (Fsp3) is 0.900. The smallest absolute Gasteiger partial charge is 0.243 e. The molecular formula is C20H39IN4O2S.